The van der Waals surface area contributed by atoms with Gasteiger partial charge < -0.3 is 40.1 Å². The summed E-state index contributed by atoms with van der Waals surface area (Å²) in [5.74, 6) is -4.32. The first-order valence-electron chi connectivity index (χ1n) is 10.7. The molecule has 11 heteroatoms. The van der Waals surface area contributed by atoms with Crippen LogP contribution < -0.4 is 0 Å². The number of aliphatic hydroxyl groups is 2. The van der Waals surface area contributed by atoms with Gasteiger partial charge in [0.15, 0.2) is 23.2 Å². The highest BCUT2D eigenvalue weighted by molar-refractivity contribution is 5.88. The lowest BCUT2D eigenvalue weighted by atomic mass is 9.79. The molecule has 2 aromatic carbocycles. The number of carbonyl (C=O) groups is 3. The molecule has 1 fully saturated rings. The van der Waals surface area contributed by atoms with Gasteiger partial charge in [-0.15, -0.1) is 0 Å². The molecular formula is C25H24O11. The number of phenols is 3. The van der Waals surface area contributed by atoms with Gasteiger partial charge in [0.25, 0.3) is 0 Å². The van der Waals surface area contributed by atoms with Gasteiger partial charge >= 0.3 is 17.9 Å². The van der Waals surface area contributed by atoms with E-state index < -0.39 is 60.4 Å². The number of hydrogen-bond acceptors (Lipinski definition) is 10. The first-order valence-corrected chi connectivity index (χ1v) is 10.7. The molecule has 0 spiro atoms. The number of aliphatic carboxylic acids is 1. The minimum absolute atomic E-state index is 0.0342. The Balaban J connectivity index is 1.74. The number of rotatable bonds is 7. The molecule has 0 aromatic heterocycles. The summed E-state index contributed by atoms with van der Waals surface area (Å²) in [6.45, 7) is 0. The molecule has 190 valence electrons. The number of benzene rings is 2. The highest BCUT2D eigenvalue weighted by Gasteiger charge is 2.52. The number of carboxylic acid groups (broad SMARTS) is 1. The molecule has 6 N–H and O–H groups in total. The zero-order chi connectivity index (χ0) is 26.5. The Morgan fingerprint density at radius 3 is 2.03 bits per heavy atom. The maximum absolute atomic E-state index is 12.4. The smallest absolute Gasteiger partial charge is 0.335 e. The van der Waals surface area contributed by atoms with Gasteiger partial charge in [0, 0.05) is 25.0 Å². The third-order valence-electron chi connectivity index (χ3n) is 5.47. The summed E-state index contributed by atoms with van der Waals surface area (Å²) in [6.07, 6.45) is -1.38. The van der Waals surface area contributed by atoms with Crippen molar-refractivity contribution >= 4 is 30.1 Å². The third-order valence-corrected chi connectivity index (χ3v) is 5.47. The van der Waals surface area contributed by atoms with Crippen LogP contribution in [0.25, 0.3) is 12.2 Å². The van der Waals surface area contributed by atoms with Gasteiger partial charge in [0.2, 0.25) is 0 Å². The molecule has 1 aliphatic rings. The second kappa shape index (κ2) is 10.9. The Morgan fingerprint density at radius 2 is 1.42 bits per heavy atom. The lowest BCUT2D eigenvalue weighted by Crippen LogP contribution is -2.58. The van der Waals surface area contributed by atoms with Gasteiger partial charge in [-0.25, -0.2) is 14.4 Å². The van der Waals surface area contributed by atoms with E-state index in [1.807, 2.05) is 0 Å². The molecule has 0 aliphatic heterocycles. The molecule has 11 nitrogen and oxygen atoms in total. The minimum atomic E-state index is -2.43. The molecule has 4 atom stereocenters. The standard InChI is InChI=1S/C25H24O11/c26-16-6-1-14(2-7-16)4-9-22(31)36-23-19(29)12-25(34,24(32)33)13-20(23)35-21(30)10-5-15-3-8-17(27)18(28)11-15/h1-11,19-20,23,26-29,34H,12-13H2,(H,32,33)/b9-4+,10-5+/t19-,20-,23+,25-/m0/s1. The number of carboxylic acids is 1. The Morgan fingerprint density at radius 1 is 0.833 bits per heavy atom. The van der Waals surface area contributed by atoms with Gasteiger partial charge in [-0.3, -0.25) is 0 Å². The fourth-order valence-corrected chi connectivity index (χ4v) is 3.60. The topological polar surface area (TPSA) is 191 Å². The highest BCUT2D eigenvalue weighted by atomic mass is 16.6. The van der Waals surface area contributed by atoms with E-state index in [-0.39, 0.29) is 11.5 Å². The largest absolute Gasteiger partial charge is 0.508 e. The Bertz CT molecular complexity index is 1180. The quantitative estimate of drug-likeness (QED) is 0.183. The number of carbonyl (C=O) groups excluding carboxylic acids is 2. The van der Waals surface area contributed by atoms with Gasteiger partial charge in [-0.2, -0.15) is 0 Å². The van der Waals surface area contributed by atoms with E-state index in [2.05, 4.69) is 0 Å². The molecule has 1 aliphatic carbocycles. The van der Waals surface area contributed by atoms with Crippen LogP contribution in [-0.4, -0.2) is 72.5 Å². The van der Waals surface area contributed by atoms with Gasteiger partial charge in [0.05, 0.1) is 6.10 Å². The van der Waals surface area contributed by atoms with E-state index in [4.69, 9.17) is 9.47 Å². The van der Waals surface area contributed by atoms with E-state index in [1.165, 1.54) is 54.6 Å². The average Bonchev–Trinajstić information content (AvgIpc) is 2.81. The summed E-state index contributed by atoms with van der Waals surface area (Å²) < 4.78 is 10.5. The van der Waals surface area contributed by atoms with Gasteiger partial charge in [-0.05, 0) is 47.5 Å². The van der Waals surface area contributed by atoms with Gasteiger partial charge in [0.1, 0.15) is 11.9 Å². The molecule has 0 amide bonds. The van der Waals surface area contributed by atoms with Crippen molar-refractivity contribution in [1.82, 2.24) is 0 Å². The van der Waals surface area contributed by atoms with E-state index in [9.17, 15) is 45.0 Å². The number of esters is 2. The molecular weight excluding hydrogens is 476 g/mol. The molecule has 1 saturated carbocycles. The number of ether oxygens (including phenoxy) is 2. The molecule has 0 radical (unpaired) electrons. The monoisotopic (exact) mass is 500 g/mol. The number of aliphatic hydroxyl groups excluding tert-OH is 1. The SMILES string of the molecule is O=C(/C=C/c1ccc(O)cc1)O[C@H]1[C@@H](OC(=O)/C=C/c2ccc(O)c(O)c2)C[C@](O)(C(=O)O)C[C@@H]1O. The normalized spacial score (nSPS) is 24.0. The van der Waals surface area contributed by atoms with Crippen LogP contribution in [0.15, 0.2) is 54.6 Å². The van der Waals surface area contributed by atoms with Crippen molar-refractivity contribution in [2.24, 2.45) is 0 Å². The van der Waals surface area contributed by atoms with Crippen LogP contribution in [0.1, 0.15) is 24.0 Å². The van der Waals surface area contributed by atoms with Crippen molar-refractivity contribution < 1.29 is 54.5 Å². The molecule has 2 aromatic rings. The lowest BCUT2D eigenvalue weighted by Gasteiger charge is -2.40. The Hall–Kier alpha value is -4.35. The molecule has 36 heavy (non-hydrogen) atoms. The Kier molecular flexibility index (Phi) is 7.97. The van der Waals surface area contributed by atoms with Crippen LogP contribution in [-0.2, 0) is 23.9 Å². The van der Waals surface area contributed by atoms with Crippen LogP contribution in [0.4, 0.5) is 0 Å². The van der Waals surface area contributed by atoms with E-state index >= 15 is 0 Å². The fraction of sp³-hybridized carbons (Fsp3) is 0.240. The van der Waals surface area contributed by atoms with Crippen LogP contribution in [0, 0.1) is 0 Å². The zero-order valence-corrected chi connectivity index (χ0v) is 18.7. The molecule has 0 saturated heterocycles. The van der Waals surface area contributed by atoms with Gasteiger partial charge in [-0.1, -0.05) is 18.2 Å². The molecule has 0 bridgehead atoms. The summed E-state index contributed by atoms with van der Waals surface area (Å²) in [6, 6.07) is 9.66. The minimum Gasteiger partial charge on any atom is -0.508 e. The van der Waals surface area contributed by atoms with Crippen LogP contribution in [0.3, 0.4) is 0 Å². The molecule has 3 rings (SSSR count). The van der Waals surface area contributed by atoms with E-state index in [1.54, 1.807) is 0 Å². The molecule has 0 unspecified atom stereocenters. The van der Waals surface area contributed by atoms with Crippen LogP contribution in [0.2, 0.25) is 0 Å². The van der Waals surface area contributed by atoms with Crippen molar-refractivity contribution in [3.63, 3.8) is 0 Å². The number of hydrogen-bond donors (Lipinski definition) is 6. The molecule has 0 heterocycles. The first kappa shape index (κ1) is 26.3. The summed E-state index contributed by atoms with van der Waals surface area (Å²) in [5.41, 5.74) is -1.54. The summed E-state index contributed by atoms with van der Waals surface area (Å²) in [5, 5.41) is 58.4. The summed E-state index contributed by atoms with van der Waals surface area (Å²) >= 11 is 0. The Labute approximate surface area is 204 Å². The van der Waals surface area contributed by atoms with Crippen molar-refractivity contribution in [3.8, 4) is 17.2 Å². The highest BCUT2D eigenvalue weighted by Crippen LogP contribution is 2.33. The van der Waals surface area contributed by atoms with Crippen molar-refractivity contribution in [1.29, 1.82) is 0 Å². The van der Waals surface area contributed by atoms with Crippen molar-refractivity contribution in [2.45, 2.75) is 36.8 Å². The van der Waals surface area contributed by atoms with Crippen LogP contribution >= 0.6 is 0 Å². The first-order chi connectivity index (χ1) is 17.0. The number of aromatic hydroxyl groups is 3. The fourth-order valence-electron chi connectivity index (χ4n) is 3.60. The maximum atomic E-state index is 12.4. The second-order valence-corrected chi connectivity index (χ2v) is 8.20. The summed E-state index contributed by atoms with van der Waals surface area (Å²) in [7, 11) is 0. The van der Waals surface area contributed by atoms with Crippen molar-refractivity contribution in [2.75, 3.05) is 0 Å². The predicted octanol–water partition coefficient (Wildman–Crippen LogP) is 1.32. The van der Waals surface area contributed by atoms with Crippen LogP contribution in [0.5, 0.6) is 17.2 Å². The third kappa shape index (κ3) is 6.62. The summed E-state index contributed by atoms with van der Waals surface area (Å²) in [4.78, 5) is 36.3. The van der Waals surface area contributed by atoms with E-state index in [0.717, 1.165) is 12.2 Å². The lowest BCUT2D eigenvalue weighted by molar-refractivity contribution is -0.204. The maximum Gasteiger partial charge on any atom is 0.335 e. The predicted molar refractivity (Wildman–Crippen MR) is 124 cm³/mol. The number of phenolic OH excluding ortho intramolecular Hbond substituents is 3. The van der Waals surface area contributed by atoms with Crippen molar-refractivity contribution in [3.05, 3.63) is 65.7 Å². The zero-order valence-electron chi connectivity index (χ0n) is 18.7. The van der Waals surface area contributed by atoms with E-state index in [0.29, 0.717) is 11.1 Å². The second-order valence-electron chi connectivity index (χ2n) is 8.20. The average molecular weight is 500 g/mol.